The Labute approximate surface area is 136 Å². The SMILES string of the molecule is CC(CC(=O)NCc1nncn1C1CCCCC1)n1cccn1. The molecule has 1 N–H and O–H groups in total. The van der Waals surface area contributed by atoms with E-state index in [1.807, 2.05) is 19.2 Å². The molecule has 1 aliphatic rings. The van der Waals surface area contributed by atoms with Crippen LogP contribution in [0.15, 0.2) is 24.8 Å². The molecular formula is C16H24N6O. The molecule has 0 saturated heterocycles. The fourth-order valence-corrected chi connectivity index (χ4v) is 3.21. The first-order chi connectivity index (χ1) is 11.2. The number of hydrogen-bond acceptors (Lipinski definition) is 4. The first kappa shape index (κ1) is 15.7. The Morgan fingerprint density at radius 3 is 2.96 bits per heavy atom. The van der Waals surface area contributed by atoms with E-state index in [1.165, 1.54) is 32.1 Å². The van der Waals surface area contributed by atoms with Crippen LogP contribution in [0.2, 0.25) is 0 Å². The Kier molecular flexibility index (Phi) is 5.05. The number of nitrogens with one attached hydrogen (secondary N) is 1. The maximum atomic E-state index is 12.1. The van der Waals surface area contributed by atoms with E-state index in [0.29, 0.717) is 19.0 Å². The van der Waals surface area contributed by atoms with Crippen molar-refractivity contribution in [2.24, 2.45) is 0 Å². The number of amides is 1. The van der Waals surface area contributed by atoms with E-state index in [9.17, 15) is 4.79 Å². The summed E-state index contributed by atoms with van der Waals surface area (Å²) in [7, 11) is 0. The normalized spacial score (nSPS) is 17.1. The van der Waals surface area contributed by atoms with Gasteiger partial charge in [0.25, 0.3) is 0 Å². The largest absolute Gasteiger partial charge is 0.349 e. The summed E-state index contributed by atoms with van der Waals surface area (Å²) in [4.78, 5) is 12.1. The summed E-state index contributed by atoms with van der Waals surface area (Å²) in [6.45, 7) is 2.41. The van der Waals surface area contributed by atoms with Gasteiger partial charge in [0.1, 0.15) is 6.33 Å². The van der Waals surface area contributed by atoms with Crippen LogP contribution in [0.1, 0.15) is 63.4 Å². The van der Waals surface area contributed by atoms with Crippen LogP contribution in [0.4, 0.5) is 0 Å². The van der Waals surface area contributed by atoms with Gasteiger partial charge in [0.2, 0.25) is 5.91 Å². The molecule has 1 atom stereocenters. The van der Waals surface area contributed by atoms with E-state index in [4.69, 9.17) is 0 Å². The first-order valence-corrected chi connectivity index (χ1v) is 8.38. The average Bonchev–Trinajstić information content (AvgIpc) is 3.25. The van der Waals surface area contributed by atoms with E-state index in [-0.39, 0.29) is 11.9 Å². The maximum Gasteiger partial charge on any atom is 0.222 e. The standard InChI is InChI=1S/C16H24N6O/c1-13(22-9-5-8-19-22)10-16(23)17-11-15-20-18-12-21(15)14-6-3-2-4-7-14/h5,8-9,12-14H,2-4,6-7,10-11H2,1H3,(H,17,23). The average molecular weight is 316 g/mol. The molecule has 2 heterocycles. The van der Waals surface area contributed by atoms with Crippen LogP contribution in [0, 0.1) is 0 Å². The lowest BCUT2D eigenvalue weighted by Crippen LogP contribution is -2.27. The molecule has 1 fully saturated rings. The zero-order valence-corrected chi connectivity index (χ0v) is 13.6. The Hall–Kier alpha value is -2.18. The quantitative estimate of drug-likeness (QED) is 0.886. The monoisotopic (exact) mass is 316 g/mol. The lowest BCUT2D eigenvalue weighted by atomic mass is 9.95. The minimum atomic E-state index is 0.00574. The van der Waals surface area contributed by atoms with Gasteiger partial charge in [-0.1, -0.05) is 19.3 Å². The van der Waals surface area contributed by atoms with Crippen molar-refractivity contribution in [1.29, 1.82) is 0 Å². The predicted molar refractivity (Wildman–Crippen MR) is 85.5 cm³/mol. The minimum Gasteiger partial charge on any atom is -0.349 e. The van der Waals surface area contributed by atoms with Gasteiger partial charge in [-0.25, -0.2) is 0 Å². The lowest BCUT2D eigenvalue weighted by molar-refractivity contribution is -0.122. The molecule has 0 radical (unpaired) electrons. The molecule has 124 valence electrons. The highest BCUT2D eigenvalue weighted by Crippen LogP contribution is 2.28. The van der Waals surface area contributed by atoms with Gasteiger partial charge in [-0.2, -0.15) is 5.10 Å². The lowest BCUT2D eigenvalue weighted by Gasteiger charge is -2.24. The summed E-state index contributed by atoms with van der Waals surface area (Å²) in [6, 6.07) is 2.39. The number of aromatic nitrogens is 5. The summed E-state index contributed by atoms with van der Waals surface area (Å²) in [5.41, 5.74) is 0. The van der Waals surface area contributed by atoms with Gasteiger partial charge in [0.15, 0.2) is 5.82 Å². The van der Waals surface area contributed by atoms with Crippen molar-refractivity contribution in [1.82, 2.24) is 29.9 Å². The van der Waals surface area contributed by atoms with E-state index in [1.54, 1.807) is 17.2 Å². The summed E-state index contributed by atoms with van der Waals surface area (Å²) >= 11 is 0. The number of carbonyl (C=O) groups excluding carboxylic acids is 1. The third kappa shape index (κ3) is 3.97. The van der Waals surface area contributed by atoms with E-state index in [2.05, 4.69) is 25.2 Å². The molecule has 0 aliphatic heterocycles. The van der Waals surface area contributed by atoms with Crippen LogP contribution < -0.4 is 5.32 Å². The Balaban J connectivity index is 1.52. The van der Waals surface area contributed by atoms with Gasteiger partial charge in [-0.05, 0) is 25.8 Å². The van der Waals surface area contributed by atoms with Crippen molar-refractivity contribution in [3.63, 3.8) is 0 Å². The second-order valence-corrected chi connectivity index (χ2v) is 6.26. The van der Waals surface area contributed by atoms with Gasteiger partial charge < -0.3 is 9.88 Å². The summed E-state index contributed by atoms with van der Waals surface area (Å²) in [5.74, 6) is 0.850. The predicted octanol–water partition coefficient (Wildman–Crippen LogP) is 2.25. The third-order valence-electron chi connectivity index (χ3n) is 4.52. The summed E-state index contributed by atoms with van der Waals surface area (Å²) in [5, 5.41) is 15.3. The molecule has 0 aromatic carbocycles. The second kappa shape index (κ2) is 7.39. The van der Waals surface area contributed by atoms with Gasteiger partial charge in [0.05, 0.1) is 12.6 Å². The molecule has 23 heavy (non-hydrogen) atoms. The summed E-state index contributed by atoms with van der Waals surface area (Å²) < 4.78 is 3.93. The van der Waals surface area contributed by atoms with Gasteiger partial charge in [-0.3, -0.25) is 9.48 Å². The van der Waals surface area contributed by atoms with E-state index < -0.39 is 0 Å². The molecule has 7 nitrogen and oxygen atoms in total. The van der Waals surface area contributed by atoms with Crippen LogP contribution in [0.5, 0.6) is 0 Å². The van der Waals surface area contributed by atoms with Crippen molar-refractivity contribution >= 4 is 5.91 Å². The van der Waals surface area contributed by atoms with Crippen molar-refractivity contribution in [3.8, 4) is 0 Å². The molecule has 0 spiro atoms. The Morgan fingerprint density at radius 1 is 1.39 bits per heavy atom. The van der Waals surface area contributed by atoms with Crippen LogP contribution in [0.25, 0.3) is 0 Å². The van der Waals surface area contributed by atoms with Crippen molar-refractivity contribution in [2.45, 2.75) is 64.1 Å². The fourth-order valence-electron chi connectivity index (χ4n) is 3.21. The molecular weight excluding hydrogens is 292 g/mol. The topological polar surface area (TPSA) is 77.6 Å². The molecule has 2 aromatic rings. The maximum absolute atomic E-state index is 12.1. The van der Waals surface area contributed by atoms with Crippen LogP contribution in [-0.2, 0) is 11.3 Å². The molecule has 1 saturated carbocycles. The molecule has 2 aromatic heterocycles. The molecule has 1 aliphatic carbocycles. The number of carbonyl (C=O) groups is 1. The highest BCUT2D eigenvalue weighted by atomic mass is 16.1. The van der Waals surface area contributed by atoms with Crippen molar-refractivity contribution < 1.29 is 4.79 Å². The van der Waals surface area contributed by atoms with Crippen LogP contribution in [0.3, 0.4) is 0 Å². The fraction of sp³-hybridized carbons (Fsp3) is 0.625. The Morgan fingerprint density at radius 2 is 2.22 bits per heavy atom. The smallest absolute Gasteiger partial charge is 0.222 e. The number of hydrogen-bond donors (Lipinski definition) is 1. The highest BCUT2D eigenvalue weighted by Gasteiger charge is 2.19. The van der Waals surface area contributed by atoms with Gasteiger partial charge >= 0.3 is 0 Å². The van der Waals surface area contributed by atoms with E-state index >= 15 is 0 Å². The minimum absolute atomic E-state index is 0.00574. The zero-order valence-electron chi connectivity index (χ0n) is 13.6. The zero-order chi connectivity index (χ0) is 16.1. The van der Waals surface area contributed by atoms with Crippen molar-refractivity contribution in [3.05, 3.63) is 30.6 Å². The Bertz CT molecular complexity index is 614. The van der Waals surface area contributed by atoms with E-state index in [0.717, 1.165) is 5.82 Å². The van der Waals surface area contributed by atoms with Crippen molar-refractivity contribution in [2.75, 3.05) is 0 Å². The second-order valence-electron chi connectivity index (χ2n) is 6.26. The van der Waals surface area contributed by atoms with Crippen LogP contribution in [-0.4, -0.2) is 30.5 Å². The highest BCUT2D eigenvalue weighted by molar-refractivity contribution is 5.76. The number of rotatable bonds is 6. The molecule has 3 rings (SSSR count). The first-order valence-electron chi connectivity index (χ1n) is 8.38. The number of nitrogens with zero attached hydrogens (tertiary/aromatic N) is 5. The molecule has 1 amide bonds. The summed E-state index contributed by atoms with van der Waals surface area (Å²) in [6.07, 6.45) is 12.0. The third-order valence-corrected chi connectivity index (χ3v) is 4.52. The molecule has 0 bridgehead atoms. The van der Waals surface area contributed by atoms with Gasteiger partial charge in [-0.15, -0.1) is 10.2 Å². The van der Waals surface area contributed by atoms with Gasteiger partial charge in [0, 0.05) is 24.9 Å². The molecule has 1 unspecified atom stereocenters. The molecule has 7 heteroatoms. The van der Waals surface area contributed by atoms with Crippen LogP contribution >= 0.6 is 0 Å².